The molecule has 1 rings (SSSR count). The maximum atomic E-state index is 12.0. The Morgan fingerprint density at radius 3 is 2.82 bits per heavy atom. The second-order valence-corrected chi connectivity index (χ2v) is 3.48. The number of nitrogens with one attached hydrogen (secondary N) is 1. The SMILES string of the molecule is CC#CCNC(C)c1cccc(OC(F)F)c1. The van der Waals surface area contributed by atoms with Crippen LogP contribution in [0, 0.1) is 11.8 Å². The molecular weight excluding hydrogens is 224 g/mol. The highest BCUT2D eigenvalue weighted by atomic mass is 19.3. The van der Waals surface area contributed by atoms with E-state index >= 15 is 0 Å². The Morgan fingerprint density at radius 1 is 1.41 bits per heavy atom. The van der Waals surface area contributed by atoms with Crippen LogP contribution in [0.2, 0.25) is 0 Å². The van der Waals surface area contributed by atoms with Crippen LogP contribution in [0.3, 0.4) is 0 Å². The van der Waals surface area contributed by atoms with E-state index < -0.39 is 6.61 Å². The van der Waals surface area contributed by atoms with Crippen molar-refractivity contribution in [2.75, 3.05) is 6.54 Å². The van der Waals surface area contributed by atoms with Crippen LogP contribution in [0.15, 0.2) is 24.3 Å². The fraction of sp³-hybridized carbons (Fsp3) is 0.385. The second kappa shape index (κ2) is 6.87. The molecule has 0 spiro atoms. The van der Waals surface area contributed by atoms with E-state index in [-0.39, 0.29) is 11.8 Å². The number of benzene rings is 1. The van der Waals surface area contributed by atoms with E-state index in [1.54, 1.807) is 19.1 Å². The fourth-order valence-electron chi connectivity index (χ4n) is 1.37. The van der Waals surface area contributed by atoms with Crippen LogP contribution in [0.5, 0.6) is 5.75 Å². The molecule has 0 radical (unpaired) electrons. The maximum Gasteiger partial charge on any atom is 0.387 e. The first-order valence-corrected chi connectivity index (χ1v) is 5.31. The van der Waals surface area contributed by atoms with Gasteiger partial charge in [-0.05, 0) is 31.5 Å². The molecule has 0 aliphatic rings. The summed E-state index contributed by atoms with van der Waals surface area (Å²) in [6.45, 7) is 1.49. The third-order valence-corrected chi connectivity index (χ3v) is 2.26. The van der Waals surface area contributed by atoms with Gasteiger partial charge in [-0.3, -0.25) is 5.32 Å². The molecule has 17 heavy (non-hydrogen) atoms. The average molecular weight is 239 g/mol. The normalized spacial score (nSPS) is 11.8. The number of rotatable bonds is 5. The Bertz CT molecular complexity index is 409. The number of hydrogen-bond donors (Lipinski definition) is 1. The minimum absolute atomic E-state index is 0.0390. The molecule has 0 saturated carbocycles. The van der Waals surface area contributed by atoms with Crippen molar-refractivity contribution in [3.05, 3.63) is 29.8 Å². The summed E-state index contributed by atoms with van der Waals surface area (Å²) < 4.78 is 28.4. The van der Waals surface area contributed by atoms with E-state index in [0.29, 0.717) is 6.54 Å². The third kappa shape index (κ3) is 4.83. The lowest BCUT2D eigenvalue weighted by atomic mass is 10.1. The predicted octanol–water partition coefficient (Wildman–Crippen LogP) is 2.96. The van der Waals surface area contributed by atoms with E-state index in [9.17, 15) is 8.78 Å². The molecule has 2 nitrogen and oxygen atoms in total. The summed E-state index contributed by atoms with van der Waals surface area (Å²) in [7, 11) is 0. The lowest BCUT2D eigenvalue weighted by molar-refractivity contribution is -0.0499. The number of halogens is 2. The van der Waals surface area contributed by atoms with Crippen molar-refractivity contribution in [2.24, 2.45) is 0 Å². The zero-order valence-electron chi connectivity index (χ0n) is 9.84. The van der Waals surface area contributed by atoms with E-state index in [1.165, 1.54) is 6.07 Å². The minimum Gasteiger partial charge on any atom is -0.435 e. The van der Waals surface area contributed by atoms with Crippen LogP contribution in [-0.2, 0) is 0 Å². The van der Waals surface area contributed by atoms with Gasteiger partial charge in [0.2, 0.25) is 0 Å². The van der Waals surface area contributed by atoms with Gasteiger partial charge in [0.1, 0.15) is 5.75 Å². The lowest BCUT2D eigenvalue weighted by Crippen LogP contribution is -2.18. The largest absolute Gasteiger partial charge is 0.435 e. The molecule has 0 saturated heterocycles. The highest BCUT2D eigenvalue weighted by Gasteiger charge is 2.08. The highest BCUT2D eigenvalue weighted by molar-refractivity contribution is 5.30. The van der Waals surface area contributed by atoms with Gasteiger partial charge in [0.25, 0.3) is 0 Å². The molecule has 1 atom stereocenters. The summed E-state index contributed by atoms with van der Waals surface area (Å²) in [5, 5.41) is 3.16. The predicted molar refractivity (Wildman–Crippen MR) is 62.9 cm³/mol. The van der Waals surface area contributed by atoms with E-state index in [4.69, 9.17) is 0 Å². The molecule has 0 aliphatic carbocycles. The molecule has 0 fully saturated rings. The smallest absolute Gasteiger partial charge is 0.387 e. The Labute approximate surface area is 100.0 Å². The Morgan fingerprint density at radius 2 is 2.18 bits per heavy atom. The van der Waals surface area contributed by atoms with Crippen molar-refractivity contribution in [2.45, 2.75) is 26.5 Å². The first kappa shape index (κ1) is 13.5. The molecule has 0 bridgehead atoms. The van der Waals surface area contributed by atoms with Gasteiger partial charge in [-0.25, -0.2) is 0 Å². The van der Waals surface area contributed by atoms with Gasteiger partial charge in [0, 0.05) is 6.04 Å². The molecule has 4 heteroatoms. The van der Waals surface area contributed by atoms with Crippen molar-refractivity contribution in [3.63, 3.8) is 0 Å². The highest BCUT2D eigenvalue weighted by Crippen LogP contribution is 2.20. The van der Waals surface area contributed by atoms with Crippen LogP contribution >= 0.6 is 0 Å². The first-order chi connectivity index (χ1) is 8.13. The zero-order valence-corrected chi connectivity index (χ0v) is 9.84. The van der Waals surface area contributed by atoms with Crippen molar-refractivity contribution in [3.8, 4) is 17.6 Å². The first-order valence-electron chi connectivity index (χ1n) is 5.31. The topological polar surface area (TPSA) is 21.3 Å². The average Bonchev–Trinajstić information content (AvgIpc) is 2.28. The van der Waals surface area contributed by atoms with E-state index in [1.807, 2.05) is 13.0 Å². The maximum absolute atomic E-state index is 12.0. The van der Waals surface area contributed by atoms with Gasteiger partial charge in [-0.1, -0.05) is 18.1 Å². The van der Waals surface area contributed by atoms with Crippen LogP contribution in [0.4, 0.5) is 8.78 Å². The van der Waals surface area contributed by atoms with Gasteiger partial charge >= 0.3 is 6.61 Å². The van der Waals surface area contributed by atoms with Gasteiger partial charge < -0.3 is 4.74 Å². The number of hydrogen-bond acceptors (Lipinski definition) is 2. The summed E-state index contributed by atoms with van der Waals surface area (Å²) in [5.41, 5.74) is 0.890. The van der Waals surface area contributed by atoms with Gasteiger partial charge in [0.15, 0.2) is 0 Å². The molecule has 1 N–H and O–H groups in total. The summed E-state index contributed by atoms with van der Waals surface area (Å²) in [5.74, 6) is 5.83. The molecule has 0 aliphatic heterocycles. The lowest BCUT2D eigenvalue weighted by Gasteiger charge is -2.13. The summed E-state index contributed by atoms with van der Waals surface area (Å²) >= 11 is 0. The third-order valence-electron chi connectivity index (χ3n) is 2.26. The summed E-state index contributed by atoms with van der Waals surface area (Å²) in [6, 6.07) is 6.70. The van der Waals surface area contributed by atoms with Gasteiger partial charge in [-0.15, -0.1) is 5.92 Å². The van der Waals surface area contributed by atoms with Crippen molar-refractivity contribution < 1.29 is 13.5 Å². The van der Waals surface area contributed by atoms with Gasteiger partial charge in [-0.2, -0.15) is 8.78 Å². The summed E-state index contributed by atoms with van der Waals surface area (Å²) in [6.07, 6.45) is 0. The zero-order chi connectivity index (χ0) is 12.7. The molecule has 92 valence electrons. The molecule has 0 aromatic heterocycles. The Hall–Kier alpha value is -1.60. The summed E-state index contributed by atoms with van der Waals surface area (Å²) in [4.78, 5) is 0. The monoisotopic (exact) mass is 239 g/mol. The molecule has 0 heterocycles. The van der Waals surface area contributed by atoms with Crippen LogP contribution < -0.4 is 10.1 Å². The minimum atomic E-state index is -2.79. The number of ether oxygens (including phenoxy) is 1. The standard InChI is InChI=1S/C13H15F2NO/c1-3-4-8-16-10(2)11-6-5-7-12(9-11)17-13(14)15/h5-7,9-10,13,16H,8H2,1-2H3. The van der Waals surface area contributed by atoms with Crippen LogP contribution in [-0.4, -0.2) is 13.2 Å². The molecule has 1 aromatic rings. The van der Waals surface area contributed by atoms with E-state index in [2.05, 4.69) is 21.9 Å². The Balaban J connectivity index is 2.65. The van der Waals surface area contributed by atoms with Crippen molar-refractivity contribution >= 4 is 0 Å². The van der Waals surface area contributed by atoms with Crippen molar-refractivity contribution in [1.29, 1.82) is 0 Å². The second-order valence-electron chi connectivity index (χ2n) is 3.48. The molecule has 0 amide bonds. The Kier molecular flexibility index (Phi) is 5.44. The van der Waals surface area contributed by atoms with Crippen molar-refractivity contribution in [1.82, 2.24) is 5.32 Å². The molecule has 1 unspecified atom stereocenters. The van der Waals surface area contributed by atoms with Crippen LogP contribution in [0.1, 0.15) is 25.5 Å². The van der Waals surface area contributed by atoms with E-state index in [0.717, 1.165) is 5.56 Å². The fourth-order valence-corrected chi connectivity index (χ4v) is 1.37. The van der Waals surface area contributed by atoms with Crippen LogP contribution in [0.25, 0.3) is 0 Å². The molecular formula is C13H15F2NO. The molecule has 1 aromatic carbocycles. The van der Waals surface area contributed by atoms with Gasteiger partial charge in [0.05, 0.1) is 6.54 Å². The quantitative estimate of drug-likeness (QED) is 0.798. The number of alkyl halides is 2.